The lowest BCUT2D eigenvalue weighted by atomic mass is 9.94. The van der Waals surface area contributed by atoms with Crippen LogP contribution in [0.2, 0.25) is 0 Å². The molecule has 1 N–H and O–H groups in total. The van der Waals surface area contributed by atoms with Gasteiger partial charge in [0.1, 0.15) is 23.4 Å². The summed E-state index contributed by atoms with van der Waals surface area (Å²) in [4.78, 5) is 30.0. The second-order valence-corrected chi connectivity index (χ2v) is 8.88. The van der Waals surface area contributed by atoms with Crippen LogP contribution in [0.4, 0.5) is 4.39 Å². The molecule has 180 valence electrons. The first-order valence-electron chi connectivity index (χ1n) is 11.9. The van der Waals surface area contributed by atoms with Gasteiger partial charge in [-0.2, -0.15) is 0 Å². The number of carbonyl (C=O) groups is 2. The largest absolute Gasteiger partial charge is 0.507 e. The van der Waals surface area contributed by atoms with E-state index in [0.717, 1.165) is 30.9 Å². The van der Waals surface area contributed by atoms with E-state index in [4.69, 9.17) is 4.74 Å². The quantitative estimate of drug-likeness (QED) is 0.357. The van der Waals surface area contributed by atoms with Crippen molar-refractivity contribution >= 4 is 17.4 Å². The van der Waals surface area contributed by atoms with Crippen LogP contribution >= 0.6 is 0 Å². The van der Waals surface area contributed by atoms with Crippen LogP contribution in [0.1, 0.15) is 49.9 Å². The van der Waals surface area contributed by atoms with Crippen LogP contribution in [-0.2, 0) is 16.0 Å². The molecule has 6 nitrogen and oxygen atoms in total. The highest BCUT2D eigenvalue weighted by molar-refractivity contribution is 6.46. The number of amides is 1. The molecule has 2 aliphatic heterocycles. The Bertz CT molecular complexity index is 1110. The van der Waals surface area contributed by atoms with Crippen molar-refractivity contribution in [2.24, 2.45) is 0 Å². The van der Waals surface area contributed by atoms with E-state index in [1.54, 1.807) is 24.3 Å². The molecule has 0 radical (unpaired) electrons. The zero-order valence-corrected chi connectivity index (χ0v) is 19.9. The summed E-state index contributed by atoms with van der Waals surface area (Å²) in [5.74, 6) is -1.24. The Balaban J connectivity index is 1.72. The van der Waals surface area contributed by atoms with E-state index in [0.29, 0.717) is 30.5 Å². The van der Waals surface area contributed by atoms with E-state index in [-0.39, 0.29) is 17.4 Å². The zero-order valence-electron chi connectivity index (χ0n) is 19.9. The van der Waals surface area contributed by atoms with Gasteiger partial charge in [-0.3, -0.25) is 9.59 Å². The molecule has 2 aromatic rings. The molecule has 1 amide bonds. The Labute approximate surface area is 199 Å². The summed E-state index contributed by atoms with van der Waals surface area (Å²) in [6, 6.07) is 10.2. The SMILES string of the molecule is CCN(CC)CCCN1C(=O)C(=O)C(=C(O)c2ccc3c(c2)C[C@H](C)O3)[C@@H]1c1ccc(F)cc1. The Kier molecular flexibility index (Phi) is 7.03. The van der Waals surface area contributed by atoms with Gasteiger partial charge in [-0.25, -0.2) is 4.39 Å². The normalized spacial score (nSPS) is 21.3. The summed E-state index contributed by atoms with van der Waals surface area (Å²) in [5.41, 5.74) is 2.03. The Morgan fingerprint density at radius 3 is 2.53 bits per heavy atom. The van der Waals surface area contributed by atoms with Crippen LogP contribution in [-0.4, -0.2) is 58.9 Å². The van der Waals surface area contributed by atoms with Gasteiger partial charge in [0.25, 0.3) is 11.7 Å². The van der Waals surface area contributed by atoms with Gasteiger partial charge in [0, 0.05) is 18.5 Å². The molecule has 7 heteroatoms. The molecule has 2 aromatic carbocycles. The van der Waals surface area contributed by atoms with Gasteiger partial charge in [0.05, 0.1) is 11.6 Å². The van der Waals surface area contributed by atoms with Gasteiger partial charge in [0.15, 0.2) is 0 Å². The number of hydrogen-bond acceptors (Lipinski definition) is 5. The average Bonchev–Trinajstić information content (AvgIpc) is 3.32. The molecule has 4 rings (SSSR count). The van der Waals surface area contributed by atoms with Gasteiger partial charge in [-0.15, -0.1) is 0 Å². The van der Waals surface area contributed by atoms with Crippen LogP contribution < -0.4 is 4.74 Å². The molecule has 0 saturated carbocycles. The monoisotopic (exact) mass is 466 g/mol. The lowest BCUT2D eigenvalue weighted by Gasteiger charge is -2.26. The number of benzene rings is 2. The van der Waals surface area contributed by atoms with Gasteiger partial charge < -0.3 is 19.6 Å². The number of aliphatic hydroxyl groups is 1. The lowest BCUT2D eigenvalue weighted by Crippen LogP contribution is -2.33. The number of Topliss-reactive ketones (excluding diaryl/α,β-unsaturated/α-hetero) is 1. The molecule has 0 unspecified atom stereocenters. The number of fused-ring (bicyclic) bond motifs is 1. The number of aliphatic hydroxyl groups excluding tert-OH is 1. The van der Waals surface area contributed by atoms with E-state index in [9.17, 15) is 19.1 Å². The lowest BCUT2D eigenvalue weighted by molar-refractivity contribution is -0.140. The molecular formula is C27H31FN2O4. The molecule has 2 heterocycles. The smallest absolute Gasteiger partial charge is 0.295 e. The van der Waals surface area contributed by atoms with Crippen LogP contribution in [0.25, 0.3) is 5.76 Å². The second-order valence-electron chi connectivity index (χ2n) is 8.88. The minimum absolute atomic E-state index is 0.0337. The average molecular weight is 467 g/mol. The second kappa shape index (κ2) is 9.97. The number of carbonyl (C=O) groups excluding carboxylic acids is 2. The maximum Gasteiger partial charge on any atom is 0.295 e. The van der Waals surface area contributed by atoms with Crippen LogP contribution in [0, 0.1) is 5.82 Å². The Morgan fingerprint density at radius 2 is 1.85 bits per heavy atom. The Hall–Kier alpha value is -3.19. The molecule has 1 fully saturated rings. The van der Waals surface area contributed by atoms with Gasteiger partial charge >= 0.3 is 0 Å². The standard InChI is InChI=1S/C27H31FN2O4/c1-4-29(5-2)13-6-14-30-24(18-7-10-21(28)11-8-18)23(26(32)27(30)33)25(31)19-9-12-22-20(16-19)15-17(3)34-22/h7-12,16-17,24,31H,4-6,13-15H2,1-3H3/t17-,24-/m0/s1. The summed E-state index contributed by atoms with van der Waals surface area (Å²) in [7, 11) is 0. The fraction of sp³-hybridized carbons (Fsp3) is 0.407. The summed E-state index contributed by atoms with van der Waals surface area (Å²) in [5, 5.41) is 11.3. The molecule has 34 heavy (non-hydrogen) atoms. The van der Waals surface area contributed by atoms with E-state index in [1.165, 1.54) is 17.0 Å². The first-order valence-corrected chi connectivity index (χ1v) is 11.9. The predicted molar refractivity (Wildman–Crippen MR) is 128 cm³/mol. The summed E-state index contributed by atoms with van der Waals surface area (Å²) >= 11 is 0. The molecule has 0 bridgehead atoms. The van der Waals surface area contributed by atoms with Crippen molar-refractivity contribution in [3.05, 3.63) is 70.5 Å². The molecule has 2 atom stereocenters. The number of halogens is 1. The highest BCUT2D eigenvalue weighted by Crippen LogP contribution is 2.40. The van der Waals surface area contributed by atoms with Crippen LogP contribution in [0.5, 0.6) is 5.75 Å². The minimum Gasteiger partial charge on any atom is -0.507 e. The third kappa shape index (κ3) is 4.57. The van der Waals surface area contributed by atoms with Crippen molar-refractivity contribution in [2.45, 2.75) is 45.8 Å². The molecule has 2 aliphatic rings. The molecule has 0 aliphatic carbocycles. The minimum atomic E-state index is -0.777. The third-order valence-corrected chi connectivity index (χ3v) is 6.66. The van der Waals surface area contributed by atoms with E-state index in [2.05, 4.69) is 18.7 Å². The topological polar surface area (TPSA) is 70.1 Å². The van der Waals surface area contributed by atoms with Gasteiger partial charge in [0.2, 0.25) is 0 Å². The number of nitrogens with zero attached hydrogens (tertiary/aromatic N) is 2. The van der Waals surface area contributed by atoms with Gasteiger partial charge in [-0.05, 0) is 74.4 Å². The highest BCUT2D eigenvalue weighted by Gasteiger charge is 2.45. The van der Waals surface area contributed by atoms with Crippen LogP contribution in [0.3, 0.4) is 0 Å². The molecule has 1 saturated heterocycles. The van der Waals surface area contributed by atoms with Crippen molar-refractivity contribution in [1.29, 1.82) is 0 Å². The third-order valence-electron chi connectivity index (χ3n) is 6.66. The fourth-order valence-corrected chi connectivity index (χ4v) is 4.83. The van der Waals surface area contributed by atoms with E-state index >= 15 is 0 Å². The molecule has 0 aromatic heterocycles. The Morgan fingerprint density at radius 1 is 1.15 bits per heavy atom. The van der Waals surface area contributed by atoms with Gasteiger partial charge in [-0.1, -0.05) is 26.0 Å². The maximum atomic E-state index is 13.6. The van der Waals surface area contributed by atoms with E-state index < -0.39 is 23.5 Å². The first kappa shape index (κ1) is 24.0. The summed E-state index contributed by atoms with van der Waals surface area (Å²) in [6.45, 7) is 9.07. The van der Waals surface area contributed by atoms with Crippen molar-refractivity contribution < 1.29 is 23.8 Å². The summed E-state index contributed by atoms with van der Waals surface area (Å²) in [6.07, 6.45) is 1.43. The van der Waals surface area contributed by atoms with Crippen molar-refractivity contribution in [3.8, 4) is 5.75 Å². The summed E-state index contributed by atoms with van der Waals surface area (Å²) < 4.78 is 19.4. The zero-order chi connectivity index (χ0) is 24.4. The first-order chi connectivity index (χ1) is 16.3. The van der Waals surface area contributed by atoms with Crippen molar-refractivity contribution in [2.75, 3.05) is 26.2 Å². The number of ether oxygens (including phenoxy) is 1. The molecule has 0 spiro atoms. The fourth-order valence-electron chi connectivity index (χ4n) is 4.83. The van der Waals surface area contributed by atoms with E-state index in [1.807, 2.05) is 13.0 Å². The van der Waals surface area contributed by atoms with Crippen molar-refractivity contribution in [3.63, 3.8) is 0 Å². The predicted octanol–water partition coefficient (Wildman–Crippen LogP) is 4.30. The molecular weight excluding hydrogens is 435 g/mol. The number of rotatable bonds is 8. The van der Waals surface area contributed by atoms with Crippen LogP contribution in [0.15, 0.2) is 48.0 Å². The van der Waals surface area contributed by atoms with Crippen molar-refractivity contribution in [1.82, 2.24) is 9.80 Å². The maximum absolute atomic E-state index is 13.6. The highest BCUT2D eigenvalue weighted by atomic mass is 19.1. The number of ketones is 1. The number of hydrogen-bond donors (Lipinski definition) is 1. The number of likely N-dealkylation sites (tertiary alicyclic amines) is 1.